The van der Waals surface area contributed by atoms with Crippen molar-refractivity contribution >= 4 is 0 Å². The second kappa shape index (κ2) is 6.00. The number of hydrogen-bond acceptors (Lipinski definition) is 0. The van der Waals surface area contributed by atoms with E-state index < -0.39 is 6.17 Å². The Labute approximate surface area is 99.4 Å². The summed E-state index contributed by atoms with van der Waals surface area (Å²) in [6, 6.07) is 0. The van der Waals surface area contributed by atoms with Crippen LogP contribution in [0.3, 0.4) is 0 Å². The number of hydrogen-bond donors (Lipinski definition) is 1. The molecule has 1 heterocycles. The van der Waals surface area contributed by atoms with Crippen LogP contribution < -0.4 is 4.90 Å². The maximum atomic E-state index is 13.7. The summed E-state index contributed by atoms with van der Waals surface area (Å²) in [6.45, 7) is 6.00. The molecule has 94 valence electrons. The second-order valence-electron chi connectivity index (χ2n) is 5.87. The normalized spacial score (nSPS) is 40.9. The fourth-order valence-electron chi connectivity index (χ4n) is 3.46. The van der Waals surface area contributed by atoms with Crippen LogP contribution in [0.15, 0.2) is 0 Å². The fourth-order valence-corrected chi connectivity index (χ4v) is 3.46. The van der Waals surface area contributed by atoms with Gasteiger partial charge in [0.05, 0.1) is 19.6 Å². The summed E-state index contributed by atoms with van der Waals surface area (Å²) in [7, 11) is 0. The third kappa shape index (κ3) is 3.19. The highest BCUT2D eigenvalue weighted by Crippen LogP contribution is 2.26. The van der Waals surface area contributed by atoms with Crippen molar-refractivity contribution in [1.29, 1.82) is 0 Å². The highest BCUT2D eigenvalue weighted by atomic mass is 19.1. The Morgan fingerprint density at radius 2 is 1.75 bits per heavy atom. The molecule has 2 heteroatoms. The first-order valence-corrected chi connectivity index (χ1v) is 7.27. The number of piperidine rings is 1. The van der Waals surface area contributed by atoms with Crippen LogP contribution >= 0.6 is 0 Å². The summed E-state index contributed by atoms with van der Waals surface area (Å²) < 4.78 is 13.7. The van der Waals surface area contributed by atoms with Gasteiger partial charge in [0.2, 0.25) is 0 Å². The lowest BCUT2D eigenvalue weighted by Crippen LogP contribution is -3.13. The quantitative estimate of drug-likeness (QED) is 0.755. The molecule has 16 heavy (non-hydrogen) atoms. The smallest absolute Gasteiger partial charge is 0.108 e. The molecule has 2 aliphatic rings. The SMILES string of the molecule is CCC1CC[NH+](CC2CCCCC2F)CC1. The fraction of sp³-hybridized carbons (Fsp3) is 1.00. The zero-order valence-electron chi connectivity index (χ0n) is 10.7. The predicted octanol–water partition coefficient (Wildman–Crippen LogP) is 2.22. The third-order valence-corrected chi connectivity index (χ3v) is 4.76. The number of likely N-dealkylation sites (tertiary alicyclic amines) is 1. The van der Waals surface area contributed by atoms with Gasteiger partial charge >= 0.3 is 0 Å². The van der Waals surface area contributed by atoms with E-state index in [-0.39, 0.29) is 0 Å². The highest BCUT2D eigenvalue weighted by molar-refractivity contribution is 4.74. The molecule has 1 nitrogen and oxygen atoms in total. The van der Waals surface area contributed by atoms with E-state index >= 15 is 0 Å². The van der Waals surface area contributed by atoms with E-state index in [9.17, 15) is 4.39 Å². The van der Waals surface area contributed by atoms with Gasteiger partial charge in [0.1, 0.15) is 6.17 Å². The van der Waals surface area contributed by atoms with Crippen molar-refractivity contribution in [2.45, 2.75) is 58.0 Å². The van der Waals surface area contributed by atoms with Crippen molar-refractivity contribution < 1.29 is 9.29 Å². The van der Waals surface area contributed by atoms with Crippen LogP contribution in [0, 0.1) is 11.8 Å². The van der Waals surface area contributed by atoms with Crippen LogP contribution in [-0.4, -0.2) is 25.8 Å². The summed E-state index contributed by atoms with van der Waals surface area (Å²) in [6.07, 6.45) is 7.93. The molecule has 1 N–H and O–H groups in total. The number of quaternary nitrogens is 1. The molecule has 1 aliphatic heterocycles. The molecule has 0 spiro atoms. The molecule has 0 amide bonds. The molecule has 0 radical (unpaired) electrons. The Morgan fingerprint density at radius 1 is 1.06 bits per heavy atom. The highest BCUT2D eigenvalue weighted by Gasteiger charge is 2.30. The maximum absolute atomic E-state index is 13.7. The maximum Gasteiger partial charge on any atom is 0.108 e. The first-order chi connectivity index (χ1) is 7.79. The zero-order valence-corrected chi connectivity index (χ0v) is 10.7. The van der Waals surface area contributed by atoms with Gasteiger partial charge in [0, 0.05) is 5.92 Å². The first-order valence-electron chi connectivity index (χ1n) is 7.27. The van der Waals surface area contributed by atoms with Gasteiger partial charge in [0.25, 0.3) is 0 Å². The van der Waals surface area contributed by atoms with Crippen LogP contribution in [-0.2, 0) is 0 Å². The lowest BCUT2D eigenvalue weighted by atomic mass is 9.86. The molecule has 2 atom stereocenters. The van der Waals surface area contributed by atoms with E-state index in [1.807, 2.05) is 0 Å². The molecule has 0 aromatic carbocycles. The van der Waals surface area contributed by atoms with E-state index in [2.05, 4.69) is 6.92 Å². The lowest BCUT2D eigenvalue weighted by molar-refractivity contribution is -0.910. The van der Waals surface area contributed by atoms with Crippen LogP contribution in [0.25, 0.3) is 0 Å². The van der Waals surface area contributed by atoms with Crippen molar-refractivity contribution in [3.05, 3.63) is 0 Å². The number of halogens is 1. The molecule has 2 unspecified atom stereocenters. The second-order valence-corrected chi connectivity index (χ2v) is 5.87. The van der Waals surface area contributed by atoms with E-state index in [1.165, 1.54) is 38.8 Å². The standard InChI is InChI=1S/C14H26FN/c1-2-12-7-9-16(10-8-12)11-13-5-3-4-6-14(13)15/h12-14H,2-11H2,1H3/p+1. The molecule has 0 aromatic heterocycles. The van der Waals surface area contributed by atoms with Crippen molar-refractivity contribution in [2.24, 2.45) is 11.8 Å². The average molecular weight is 228 g/mol. The summed E-state index contributed by atoms with van der Waals surface area (Å²) in [5.74, 6) is 1.33. The van der Waals surface area contributed by atoms with Gasteiger partial charge in [-0.15, -0.1) is 0 Å². The van der Waals surface area contributed by atoms with E-state index in [1.54, 1.807) is 4.90 Å². The van der Waals surface area contributed by atoms with Crippen LogP contribution in [0.5, 0.6) is 0 Å². The van der Waals surface area contributed by atoms with E-state index in [0.29, 0.717) is 5.92 Å². The summed E-state index contributed by atoms with van der Waals surface area (Å²) >= 11 is 0. The minimum Gasteiger partial charge on any atom is -0.335 e. The Balaban J connectivity index is 1.73. The van der Waals surface area contributed by atoms with Crippen LogP contribution in [0.1, 0.15) is 51.9 Å². The van der Waals surface area contributed by atoms with Gasteiger partial charge < -0.3 is 4.90 Å². The van der Waals surface area contributed by atoms with Gasteiger partial charge in [-0.2, -0.15) is 0 Å². The molecule has 0 aromatic rings. The number of alkyl halides is 1. The Hall–Kier alpha value is -0.110. The topological polar surface area (TPSA) is 4.44 Å². The number of rotatable bonds is 3. The molecular formula is C14H27FN+. The Bertz CT molecular complexity index is 199. The van der Waals surface area contributed by atoms with Crippen molar-refractivity contribution in [2.75, 3.05) is 19.6 Å². The first kappa shape index (κ1) is 12.3. The van der Waals surface area contributed by atoms with E-state index in [0.717, 1.165) is 31.7 Å². The van der Waals surface area contributed by atoms with Crippen molar-refractivity contribution in [1.82, 2.24) is 0 Å². The Kier molecular flexibility index (Phi) is 4.63. The Morgan fingerprint density at radius 3 is 2.38 bits per heavy atom. The van der Waals surface area contributed by atoms with Crippen LogP contribution in [0.4, 0.5) is 4.39 Å². The molecular weight excluding hydrogens is 201 g/mol. The monoisotopic (exact) mass is 228 g/mol. The molecule has 1 aliphatic carbocycles. The van der Waals surface area contributed by atoms with E-state index in [4.69, 9.17) is 0 Å². The minimum atomic E-state index is -0.495. The molecule has 1 saturated heterocycles. The molecule has 0 bridgehead atoms. The predicted molar refractivity (Wildman–Crippen MR) is 65.4 cm³/mol. The molecule has 2 fully saturated rings. The van der Waals surface area contributed by atoms with Gasteiger partial charge in [-0.05, 0) is 31.6 Å². The third-order valence-electron chi connectivity index (χ3n) is 4.76. The van der Waals surface area contributed by atoms with Gasteiger partial charge in [-0.1, -0.05) is 26.2 Å². The van der Waals surface area contributed by atoms with Crippen molar-refractivity contribution in [3.8, 4) is 0 Å². The van der Waals surface area contributed by atoms with Gasteiger partial charge in [-0.3, -0.25) is 0 Å². The van der Waals surface area contributed by atoms with Gasteiger partial charge in [0.15, 0.2) is 0 Å². The summed E-state index contributed by atoms with van der Waals surface area (Å²) in [4.78, 5) is 1.68. The average Bonchev–Trinajstić information content (AvgIpc) is 2.33. The zero-order chi connectivity index (χ0) is 11.4. The van der Waals surface area contributed by atoms with Crippen molar-refractivity contribution in [3.63, 3.8) is 0 Å². The lowest BCUT2D eigenvalue weighted by Gasteiger charge is -2.33. The summed E-state index contributed by atoms with van der Waals surface area (Å²) in [5.41, 5.74) is 0. The minimum absolute atomic E-state index is 0.377. The van der Waals surface area contributed by atoms with Crippen LogP contribution in [0.2, 0.25) is 0 Å². The van der Waals surface area contributed by atoms with Gasteiger partial charge in [-0.25, -0.2) is 4.39 Å². The number of nitrogens with one attached hydrogen (secondary N) is 1. The molecule has 1 saturated carbocycles. The largest absolute Gasteiger partial charge is 0.335 e. The molecule has 2 rings (SSSR count). The summed E-state index contributed by atoms with van der Waals surface area (Å²) in [5, 5.41) is 0.